The molecule has 0 aliphatic heterocycles. The van der Waals surface area contributed by atoms with Gasteiger partial charge in [-0.25, -0.2) is 14.0 Å². The van der Waals surface area contributed by atoms with Crippen molar-refractivity contribution in [3.63, 3.8) is 0 Å². The Labute approximate surface area is 125 Å². The van der Waals surface area contributed by atoms with Crippen molar-refractivity contribution in [2.45, 2.75) is 12.5 Å². The molecule has 0 aliphatic carbocycles. The summed E-state index contributed by atoms with van der Waals surface area (Å²) in [6, 6.07) is 3.60. The number of nitrogens with one attached hydrogen (secondary N) is 2. The zero-order chi connectivity index (χ0) is 15.8. The molecular weight excluding hydrogens is 297 g/mol. The van der Waals surface area contributed by atoms with Gasteiger partial charge in [-0.1, -0.05) is 6.07 Å². The third-order valence-electron chi connectivity index (χ3n) is 2.59. The van der Waals surface area contributed by atoms with Crippen LogP contribution in [0.4, 0.5) is 14.9 Å². The smallest absolute Gasteiger partial charge is 0.326 e. The first-order valence-electron chi connectivity index (χ1n) is 5.97. The molecule has 0 spiro atoms. The zero-order valence-electron chi connectivity index (χ0n) is 11.2. The molecule has 1 aromatic rings. The molecule has 0 fully saturated rings. The highest BCUT2D eigenvalue weighted by atomic mass is 32.2. The highest BCUT2D eigenvalue weighted by molar-refractivity contribution is 7.98. The standard InChI is InChI=1S/C13H14FN3O3S/c1-21-6-5-11(12(18)19)17-13(20)16-10-4-2-3-9(14)8(10)7-15/h2-4,11H,5-6H2,1H3,(H,18,19)(H2,16,17,20). The van der Waals surface area contributed by atoms with Gasteiger partial charge in [-0.2, -0.15) is 17.0 Å². The van der Waals surface area contributed by atoms with Crippen molar-refractivity contribution in [3.8, 4) is 6.07 Å². The van der Waals surface area contributed by atoms with Crippen LogP contribution in [0, 0.1) is 17.1 Å². The van der Waals surface area contributed by atoms with Crippen LogP contribution in [-0.4, -0.2) is 35.2 Å². The number of rotatable bonds is 6. The highest BCUT2D eigenvalue weighted by Crippen LogP contribution is 2.17. The van der Waals surface area contributed by atoms with Crippen LogP contribution in [0.3, 0.4) is 0 Å². The first-order chi connectivity index (χ1) is 9.99. The number of carboxylic acid groups (broad SMARTS) is 1. The molecule has 0 saturated heterocycles. The average molecular weight is 311 g/mol. The number of hydrogen-bond donors (Lipinski definition) is 3. The number of thioether (sulfide) groups is 1. The number of carbonyl (C=O) groups excluding carboxylic acids is 1. The van der Waals surface area contributed by atoms with E-state index in [1.54, 1.807) is 6.07 Å². The number of anilines is 1. The lowest BCUT2D eigenvalue weighted by Crippen LogP contribution is -2.43. The van der Waals surface area contributed by atoms with Gasteiger partial charge in [-0.3, -0.25) is 0 Å². The molecule has 6 nitrogen and oxygen atoms in total. The number of carboxylic acids is 1. The summed E-state index contributed by atoms with van der Waals surface area (Å²) in [5, 5.41) is 22.4. The van der Waals surface area contributed by atoms with Gasteiger partial charge in [0.25, 0.3) is 0 Å². The highest BCUT2D eigenvalue weighted by Gasteiger charge is 2.20. The minimum absolute atomic E-state index is 0.0102. The third-order valence-corrected chi connectivity index (χ3v) is 3.23. The van der Waals surface area contributed by atoms with Crippen LogP contribution in [0.15, 0.2) is 18.2 Å². The van der Waals surface area contributed by atoms with E-state index in [-0.39, 0.29) is 17.7 Å². The van der Waals surface area contributed by atoms with Gasteiger partial charge in [0, 0.05) is 0 Å². The maximum atomic E-state index is 13.4. The summed E-state index contributed by atoms with van der Waals surface area (Å²) < 4.78 is 13.4. The summed E-state index contributed by atoms with van der Waals surface area (Å²) in [6.45, 7) is 0. The topological polar surface area (TPSA) is 102 Å². The van der Waals surface area contributed by atoms with Gasteiger partial charge in [0.2, 0.25) is 0 Å². The Bertz CT molecular complexity index is 574. The summed E-state index contributed by atoms with van der Waals surface area (Å²) in [6.07, 6.45) is 2.09. The minimum Gasteiger partial charge on any atom is -0.480 e. The number of halogens is 1. The molecule has 0 radical (unpaired) electrons. The Morgan fingerprint density at radius 2 is 2.24 bits per heavy atom. The summed E-state index contributed by atoms with van der Waals surface area (Å²) in [5.41, 5.74) is -0.312. The number of nitriles is 1. The summed E-state index contributed by atoms with van der Waals surface area (Å²) in [7, 11) is 0. The Balaban J connectivity index is 2.75. The minimum atomic E-state index is -1.15. The molecule has 112 valence electrons. The maximum Gasteiger partial charge on any atom is 0.326 e. The largest absolute Gasteiger partial charge is 0.480 e. The molecule has 1 atom stereocenters. The Hall–Kier alpha value is -2.27. The number of urea groups is 1. The van der Waals surface area contributed by atoms with Gasteiger partial charge in [0.05, 0.1) is 5.69 Å². The second kappa shape index (κ2) is 8.11. The SMILES string of the molecule is CSCCC(NC(=O)Nc1cccc(F)c1C#N)C(=O)O. The van der Waals surface area contributed by atoms with Crippen LogP contribution >= 0.6 is 11.8 Å². The van der Waals surface area contributed by atoms with Crippen LogP contribution in [0.5, 0.6) is 0 Å². The van der Waals surface area contributed by atoms with Crippen molar-refractivity contribution in [1.29, 1.82) is 5.26 Å². The zero-order valence-corrected chi connectivity index (χ0v) is 12.0. The Morgan fingerprint density at radius 1 is 1.52 bits per heavy atom. The lowest BCUT2D eigenvalue weighted by Gasteiger charge is -2.15. The van der Waals surface area contributed by atoms with Crippen LogP contribution in [0.1, 0.15) is 12.0 Å². The second-order valence-corrected chi connectivity index (χ2v) is 5.03. The molecule has 2 amide bonds. The summed E-state index contributed by atoms with van der Waals surface area (Å²) in [4.78, 5) is 22.8. The molecule has 21 heavy (non-hydrogen) atoms. The van der Waals surface area contributed by atoms with Crippen molar-refractivity contribution in [2.24, 2.45) is 0 Å². The summed E-state index contributed by atoms with van der Waals surface area (Å²) >= 11 is 1.46. The van der Waals surface area contributed by atoms with Crippen LogP contribution in [0.25, 0.3) is 0 Å². The fraction of sp³-hybridized carbons (Fsp3) is 0.308. The van der Waals surface area contributed by atoms with E-state index in [0.717, 1.165) is 6.07 Å². The number of amides is 2. The summed E-state index contributed by atoms with van der Waals surface area (Å²) in [5.74, 6) is -1.34. The van der Waals surface area contributed by atoms with E-state index >= 15 is 0 Å². The van der Waals surface area contributed by atoms with Gasteiger partial charge >= 0.3 is 12.0 Å². The van der Waals surface area contributed by atoms with Crippen molar-refractivity contribution in [3.05, 3.63) is 29.6 Å². The maximum absolute atomic E-state index is 13.4. The van der Waals surface area contributed by atoms with E-state index in [1.165, 1.54) is 23.9 Å². The van der Waals surface area contributed by atoms with Gasteiger partial charge in [0.1, 0.15) is 23.5 Å². The fourth-order valence-corrected chi connectivity index (χ4v) is 2.02. The number of aliphatic carboxylic acids is 1. The molecule has 0 aliphatic rings. The molecule has 1 unspecified atom stereocenters. The van der Waals surface area contributed by atoms with E-state index in [0.29, 0.717) is 5.75 Å². The lowest BCUT2D eigenvalue weighted by atomic mass is 10.2. The first kappa shape index (κ1) is 16.8. The number of benzene rings is 1. The second-order valence-electron chi connectivity index (χ2n) is 4.04. The molecule has 1 aromatic carbocycles. The van der Waals surface area contributed by atoms with Gasteiger partial charge < -0.3 is 15.7 Å². The predicted molar refractivity (Wildman–Crippen MR) is 77.7 cm³/mol. The first-order valence-corrected chi connectivity index (χ1v) is 7.36. The molecule has 0 heterocycles. The fourth-order valence-electron chi connectivity index (χ4n) is 1.55. The molecule has 0 saturated carbocycles. The van der Waals surface area contributed by atoms with Gasteiger partial charge in [-0.05, 0) is 30.6 Å². The monoisotopic (exact) mass is 311 g/mol. The van der Waals surface area contributed by atoms with Gasteiger partial charge in [0.15, 0.2) is 0 Å². The molecule has 0 bridgehead atoms. The third kappa shape index (κ3) is 4.96. The van der Waals surface area contributed by atoms with Crippen LogP contribution in [-0.2, 0) is 4.79 Å². The molecule has 3 N–H and O–H groups in total. The molecule has 8 heteroatoms. The van der Waals surface area contributed by atoms with E-state index in [4.69, 9.17) is 10.4 Å². The number of hydrogen-bond acceptors (Lipinski definition) is 4. The Morgan fingerprint density at radius 3 is 2.81 bits per heavy atom. The van der Waals surface area contributed by atoms with E-state index < -0.39 is 23.9 Å². The van der Waals surface area contributed by atoms with Crippen LogP contribution < -0.4 is 10.6 Å². The number of carbonyl (C=O) groups is 2. The van der Waals surface area contributed by atoms with E-state index in [1.807, 2.05) is 6.26 Å². The molecular formula is C13H14FN3O3S. The van der Waals surface area contributed by atoms with Crippen LogP contribution in [0.2, 0.25) is 0 Å². The van der Waals surface area contributed by atoms with E-state index in [9.17, 15) is 14.0 Å². The predicted octanol–water partition coefficient (Wildman–Crippen LogP) is 2.03. The Kier molecular flexibility index (Phi) is 6.49. The van der Waals surface area contributed by atoms with Crippen molar-refractivity contribution < 1.29 is 19.1 Å². The van der Waals surface area contributed by atoms with Crippen molar-refractivity contribution >= 4 is 29.4 Å². The quantitative estimate of drug-likeness (QED) is 0.746. The number of nitrogens with zero attached hydrogens (tertiary/aromatic N) is 1. The molecule has 1 rings (SSSR count). The molecule has 0 aromatic heterocycles. The van der Waals surface area contributed by atoms with Crippen molar-refractivity contribution in [2.75, 3.05) is 17.3 Å². The van der Waals surface area contributed by atoms with E-state index in [2.05, 4.69) is 10.6 Å². The lowest BCUT2D eigenvalue weighted by molar-refractivity contribution is -0.139. The van der Waals surface area contributed by atoms with Gasteiger partial charge in [-0.15, -0.1) is 0 Å². The normalized spacial score (nSPS) is 11.3. The average Bonchev–Trinajstić information content (AvgIpc) is 2.43. The van der Waals surface area contributed by atoms with Crippen molar-refractivity contribution in [1.82, 2.24) is 5.32 Å².